The van der Waals surface area contributed by atoms with E-state index in [9.17, 15) is 43.2 Å². The van der Waals surface area contributed by atoms with Crippen LogP contribution < -0.4 is 0 Å². The van der Waals surface area contributed by atoms with E-state index in [1.807, 2.05) is 0 Å². The zero-order valence-electron chi connectivity index (χ0n) is 53.6. The second-order valence-electron chi connectivity index (χ2n) is 24.1. The molecule has 0 heterocycles. The molecule has 0 fully saturated rings. The average Bonchev–Trinajstić information content (AvgIpc) is 3.45. The highest BCUT2D eigenvalue weighted by atomic mass is 31.2. The third-order valence-electron chi connectivity index (χ3n) is 15.4. The molecule has 4 unspecified atom stereocenters. The first-order valence-electron chi connectivity index (χ1n) is 33.4. The van der Waals surface area contributed by atoms with Gasteiger partial charge in [-0.25, -0.2) is 9.13 Å². The number of phosphoric ester groups is 2. The summed E-state index contributed by atoms with van der Waals surface area (Å²) in [6.45, 7) is 11.7. The Hall–Kier alpha value is -1.94. The van der Waals surface area contributed by atoms with E-state index in [-0.39, 0.29) is 25.7 Å². The first kappa shape index (κ1) is 81.1. The molecule has 7 atom stereocenters. The van der Waals surface area contributed by atoms with Crippen LogP contribution in [0.1, 0.15) is 312 Å². The summed E-state index contributed by atoms with van der Waals surface area (Å²) >= 11 is 0. The summed E-state index contributed by atoms with van der Waals surface area (Å²) in [7, 11) is -9.89. The number of aliphatic hydroxyl groups excluding tert-OH is 1. The Morgan fingerprint density at radius 1 is 0.349 bits per heavy atom. The van der Waals surface area contributed by atoms with Crippen LogP contribution in [0.4, 0.5) is 0 Å². The van der Waals surface area contributed by atoms with E-state index >= 15 is 0 Å². The maximum absolute atomic E-state index is 13.0. The van der Waals surface area contributed by atoms with Crippen molar-refractivity contribution in [3.05, 3.63) is 0 Å². The lowest BCUT2D eigenvalue weighted by atomic mass is 9.99. The lowest BCUT2D eigenvalue weighted by Crippen LogP contribution is -2.30. The summed E-state index contributed by atoms with van der Waals surface area (Å²) in [4.78, 5) is 72.1. The quantitative estimate of drug-likeness (QED) is 0.0222. The lowest BCUT2D eigenvalue weighted by molar-refractivity contribution is -0.161. The second kappa shape index (κ2) is 55.4. The Balaban J connectivity index is 5.24. The minimum atomic E-state index is -4.95. The van der Waals surface area contributed by atoms with Crippen molar-refractivity contribution in [2.24, 2.45) is 17.8 Å². The maximum atomic E-state index is 13.0. The van der Waals surface area contributed by atoms with Crippen LogP contribution in [0.15, 0.2) is 0 Å². The topological polar surface area (TPSA) is 237 Å². The van der Waals surface area contributed by atoms with Gasteiger partial charge in [-0.2, -0.15) is 0 Å². The van der Waals surface area contributed by atoms with Gasteiger partial charge in [0, 0.05) is 25.7 Å². The summed E-state index contributed by atoms with van der Waals surface area (Å²) in [6, 6.07) is 0. The summed E-state index contributed by atoms with van der Waals surface area (Å²) in [5.41, 5.74) is 0. The summed E-state index contributed by atoms with van der Waals surface area (Å²) < 4.78 is 67.9. The fourth-order valence-corrected chi connectivity index (χ4v) is 11.0. The van der Waals surface area contributed by atoms with Crippen molar-refractivity contribution < 1.29 is 80.2 Å². The highest BCUT2D eigenvalue weighted by Crippen LogP contribution is 2.45. The van der Waals surface area contributed by atoms with Crippen molar-refractivity contribution in [1.82, 2.24) is 0 Å². The molecule has 83 heavy (non-hydrogen) atoms. The number of phosphoric acid groups is 2. The van der Waals surface area contributed by atoms with Gasteiger partial charge in [0.2, 0.25) is 0 Å². The molecule has 492 valence electrons. The molecule has 3 N–H and O–H groups in total. The number of rotatable bonds is 62. The van der Waals surface area contributed by atoms with Crippen LogP contribution in [0.25, 0.3) is 0 Å². The Bertz CT molecular complexity index is 1650. The second-order valence-corrected chi connectivity index (χ2v) is 27.0. The van der Waals surface area contributed by atoms with Crippen molar-refractivity contribution in [3.8, 4) is 0 Å². The lowest BCUT2D eigenvalue weighted by Gasteiger charge is -2.21. The Kier molecular flexibility index (Phi) is 54.1. The van der Waals surface area contributed by atoms with Crippen molar-refractivity contribution in [2.75, 3.05) is 39.6 Å². The van der Waals surface area contributed by atoms with Gasteiger partial charge < -0.3 is 33.8 Å². The number of hydrogen-bond donors (Lipinski definition) is 3. The number of carbonyl (C=O) groups is 4. The van der Waals surface area contributed by atoms with E-state index in [0.717, 1.165) is 120 Å². The predicted octanol–water partition coefficient (Wildman–Crippen LogP) is 17.5. The highest BCUT2D eigenvalue weighted by Gasteiger charge is 2.30. The molecule has 0 aromatic carbocycles. The number of esters is 4. The van der Waals surface area contributed by atoms with Crippen molar-refractivity contribution in [3.63, 3.8) is 0 Å². The van der Waals surface area contributed by atoms with E-state index in [1.165, 1.54) is 109 Å². The van der Waals surface area contributed by atoms with E-state index in [4.69, 9.17) is 37.0 Å². The number of ether oxygens (including phenoxy) is 4. The van der Waals surface area contributed by atoms with Gasteiger partial charge in [0.15, 0.2) is 12.2 Å². The standard InChI is InChI=1S/C64H124O17P2/c1-8-11-12-13-21-31-38-45-61(66)74-51-60(81-64(69)48-41-34-27-26-30-37-44-57(7)10-3)54-79-83(72,73)77-50-58(65)49-76-82(70,71)78-53-59(52-75-62(67)46-39-32-24-20-16-17-22-28-35-42-55(4)5)80-63(68)47-40-33-25-19-15-14-18-23-29-36-43-56(6)9-2/h55-60,65H,8-54H2,1-7H3,(H,70,71)(H,72,73)/t56?,57?,58-,59-,60-/m1/s1. The highest BCUT2D eigenvalue weighted by molar-refractivity contribution is 7.47. The predicted molar refractivity (Wildman–Crippen MR) is 331 cm³/mol. The van der Waals surface area contributed by atoms with Gasteiger partial charge in [-0.3, -0.25) is 37.3 Å². The van der Waals surface area contributed by atoms with Crippen LogP contribution in [0.2, 0.25) is 0 Å². The van der Waals surface area contributed by atoms with Crippen LogP contribution in [0, 0.1) is 17.8 Å². The molecule has 19 heteroatoms. The Morgan fingerprint density at radius 3 is 0.916 bits per heavy atom. The number of hydrogen-bond acceptors (Lipinski definition) is 15. The fraction of sp³-hybridized carbons (Fsp3) is 0.938. The van der Waals surface area contributed by atoms with Crippen LogP contribution in [-0.4, -0.2) is 96.7 Å². The largest absolute Gasteiger partial charge is 0.472 e. The third-order valence-corrected chi connectivity index (χ3v) is 17.3. The molecule has 0 saturated heterocycles. The van der Waals surface area contributed by atoms with Crippen LogP contribution >= 0.6 is 15.6 Å². The molecular weight excluding hydrogens is 1100 g/mol. The molecule has 0 saturated carbocycles. The number of aliphatic hydroxyl groups is 1. The van der Waals surface area contributed by atoms with Gasteiger partial charge >= 0.3 is 39.5 Å². The Morgan fingerprint density at radius 2 is 0.614 bits per heavy atom. The van der Waals surface area contributed by atoms with Gasteiger partial charge in [0.05, 0.1) is 26.4 Å². The SMILES string of the molecule is CCCCCCCCCC(=O)OC[C@H](COP(=O)(O)OC[C@H](O)COP(=O)(O)OC[C@@H](COC(=O)CCCCCCCCCCCC(C)C)OC(=O)CCCCCCCCCCCCC(C)CC)OC(=O)CCCCCCCCC(C)CC. The van der Waals surface area contributed by atoms with Crippen molar-refractivity contribution >= 4 is 39.5 Å². The minimum absolute atomic E-state index is 0.102. The summed E-state index contributed by atoms with van der Waals surface area (Å²) in [6.07, 6.45) is 36.3. The van der Waals surface area contributed by atoms with Gasteiger partial charge in [0.1, 0.15) is 19.3 Å². The van der Waals surface area contributed by atoms with Gasteiger partial charge in [0.25, 0.3) is 0 Å². The molecule has 17 nitrogen and oxygen atoms in total. The van der Waals surface area contributed by atoms with E-state index in [0.29, 0.717) is 25.7 Å². The van der Waals surface area contributed by atoms with Gasteiger partial charge in [-0.05, 0) is 43.4 Å². The summed E-state index contributed by atoms with van der Waals surface area (Å²) in [5.74, 6) is 0.125. The Labute approximate surface area is 505 Å². The first-order valence-corrected chi connectivity index (χ1v) is 36.4. The molecule has 0 spiro atoms. The molecule has 0 amide bonds. The summed E-state index contributed by atoms with van der Waals surface area (Å²) in [5, 5.41) is 10.5. The van der Waals surface area contributed by atoms with Crippen LogP contribution in [0.3, 0.4) is 0 Å². The smallest absolute Gasteiger partial charge is 0.462 e. The molecule has 0 aliphatic heterocycles. The van der Waals surface area contributed by atoms with Crippen molar-refractivity contribution in [1.29, 1.82) is 0 Å². The van der Waals surface area contributed by atoms with Crippen LogP contribution in [-0.2, 0) is 65.4 Å². The molecule has 0 rings (SSSR count). The number of unbranched alkanes of at least 4 members (excludes halogenated alkanes) is 28. The minimum Gasteiger partial charge on any atom is -0.462 e. The zero-order chi connectivity index (χ0) is 61.7. The molecular formula is C64H124O17P2. The van der Waals surface area contributed by atoms with E-state index in [1.54, 1.807) is 0 Å². The van der Waals surface area contributed by atoms with Crippen LogP contribution in [0.5, 0.6) is 0 Å². The molecule has 0 radical (unpaired) electrons. The normalized spacial score (nSPS) is 15.0. The molecule has 0 aliphatic rings. The third kappa shape index (κ3) is 56.3. The average molecular weight is 1230 g/mol. The zero-order valence-corrected chi connectivity index (χ0v) is 55.4. The molecule has 0 aromatic heterocycles. The first-order chi connectivity index (χ1) is 39.8. The van der Waals surface area contributed by atoms with Gasteiger partial charge in [-0.15, -0.1) is 0 Å². The molecule has 0 aromatic rings. The van der Waals surface area contributed by atoms with E-state index in [2.05, 4.69) is 48.5 Å². The number of carbonyl (C=O) groups excluding carboxylic acids is 4. The van der Waals surface area contributed by atoms with E-state index < -0.39 is 97.5 Å². The molecule has 0 aliphatic carbocycles. The monoisotopic (exact) mass is 1230 g/mol. The molecule has 0 bridgehead atoms. The van der Waals surface area contributed by atoms with Gasteiger partial charge in [-0.1, -0.05) is 260 Å². The fourth-order valence-electron chi connectivity index (χ4n) is 9.42. The maximum Gasteiger partial charge on any atom is 0.472 e. The van der Waals surface area contributed by atoms with Crippen molar-refractivity contribution in [2.45, 2.75) is 330 Å².